The summed E-state index contributed by atoms with van der Waals surface area (Å²) in [5, 5.41) is 0.812. The molecule has 1 heteroatoms. The molecule has 0 aliphatic carbocycles. The summed E-state index contributed by atoms with van der Waals surface area (Å²) in [4.78, 5) is 0. The number of hydrogen-bond acceptors (Lipinski definition) is 0. The largest absolute Gasteiger partial charge is 0.102 e. The number of hydrogen-bond donors (Lipinski definition) is 0. The summed E-state index contributed by atoms with van der Waals surface area (Å²) < 4.78 is 0. The Kier molecular flexibility index (Phi) is 2.72. The van der Waals surface area contributed by atoms with Crippen molar-refractivity contribution in [1.29, 1.82) is 0 Å². The highest BCUT2D eigenvalue weighted by molar-refractivity contribution is 6.32. The fourth-order valence-corrected chi connectivity index (χ4v) is 1.11. The summed E-state index contributed by atoms with van der Waals surface area (Å²) in [6, 6.07) is 5.94. The van der Waals surface area contributed by atoms with Gasteiger partial charge in [-0.1, -0.05) is 35.9 Å². The molecule has 0 amide bonds. The van der Waals surface area contributed by atoms with Crippen LogP contribution in [0.1, 0.15) is 11.1 Å². The first kappa shape index (κ1) is 8.35. The highest BCUT2D eigenvalue weighted by Crippen LogP contribution is 2.21. The van der Waals surface area contributed by atoms with Gasteiger partial charge in [-0.3, -0.25) is 0 Å². The fourth-order valence-electron chi connectivity index (χ4n) is 0.926. The third-order valence-electron chi connectivity index (χ3n) is 1.52. The first-order chi connectivity index (χ1) is 5.25. The minimum atomic E-state index is 0.812. The zero-order chi connectivity index (χ0) is 8.27. The van der Waals surface area contributed by atoms with Gasteiger partial charge >= 0.3 is 0 Å². The second-order valence-electron chi connectivity index (χ2n) is 2.38. The molecule has 0 nitrogen and oxygen atoms in total. The maximum absolute atomic E-state index is 5.99. The van der Waals surface area contributed by atoms with Crippen molar-refractivity contribution in [3.8, 4) is 0 Å². The lowest BCUT2D eigenvalue weighted by molar-refractivity contribution is 1.41. The molecule has 57 valence electrons. The minimum absolute atomic E-state index is 0.812. The Morgan fingerprint density at radius 3 is 2.82 bits per heavy atom. The van der Waals surface area contributed by atoms with E-state index < -0.39 is 0 Å². The number of rotatable bonds is 2. The second-order valence-corrected chi connectivity index (χ2v) is 2.76. The Hall–Kier alpha value is -0.750. The van der Waals surface area contributed by atoms with Crippen LogP contribution in [0.3, 0.4) is 0 Å². The standard InChI is InChI=1S/C10H10Cl/c1-3-5-9-7-4-6-8(2)10(9)11/h3-7H,1H2,2H3. The van der Waals surface area contributed by atoms with Crippen LogP contribution in [0.15, 0.2) is 30.9 Å². The first-order valence-corrected chi connectivity index (χ1v) is 3.84. The zero-order valence-electron chi connectivity index (χ0n) is 6.47. The van der Waals surface area contributed by atoms with Gasteiger partial charge in [0.2, 0.25) is 0 Å². The van der Waals surface area contributed by atoms with E-state index in [-0.39, 0.29) is 0 Å². The Labute approximate surface area is 72.5 Å². The molecule has 0 aliphatic rings. The third kappa shape index (κ3) is 1.84. The molecule has 1 aromatic rings. The van der Waals surface area contributed by atoms with Gasteiger partial charge in [-0.25, -0.2) is 0 Å². The van der Waals surface area contributed by atoms with Gasteiger partial charge in [0.25, 0.3) is 0 Å². The van der Waals surface area contributed by atoms with Crippen LogP contribution in [0.5, 0.6) is 0 Å². The minimum Gasteiger partial charge on any atom is -0.102 e. The van der Waals surface area contributed by atoms with E-state index in [0.29, 0.717) is 0 Å². The molecule has 1 rings (SSSR count). The van der Waals surface area contributed by atoms with Crippen molar-refractivity contribution in [1.82, 2.24) is 0 Å². The van der Waals surface area contributed by atoms with Crippen molar-refractivity contribution in [2.75, 3.05) is 0 Å². The van der Waals surface area contributed by atoms with Crippen molar-refractivity contribution >= 4 is 11.6 Å². The molecule has 0 fully saturated rings. The van der Waals surface area contributed by atoms with Crippen LogP contribution in [0.2, 0.25) is 5.02 Å². The van der Waals surface area contributed by atoms with Gasteiger partial charge in [-0.2, -0.15) is 0 Å². The highest BCUT2D eigenvalue weighted by atomic mass is 35.5. The summed E-state index contributed by atoms with van der Waals surface area (Å²) in [6.07, 6.45) is 3.63. The van der Waals surface area contributed by atoms with Crippen LogP contribution >= 0.6 is 11.6 Å². The predicted octanol–water partition coefficient (Wildman–Crippen LogP) is 3.39. The average Bonchev–Trinajstić information content (AvgIpc) is 1.99. The molecule has 0 heterocycles. The Morgan fingerprint density at radius 1 is 1.45 bits per heavy atom. The predicted molar refractivity (Wildman–Crippen MR) is 49.8 cm³/mol. The number of aryl methyl sites for hydroxylation is 1. The van der Waals surface area contributed by atoms with Crippen molar-refractivity contribution in [2.45, 2.75) is 6.92 Å². The first-order valence-electron chi connectivity index (χ1n) is 3.46. The fraction of sp³-hybridized carbons (Fsp3) is 0.100. The molecule has 0 aliphatic heterocycles. The molecule has 0 unspecified atom stereocenters. The van der Waals surface area contributed by atoms with Gasteiger partial charge < -0.3 is 0 Å². The van der Waals surface area contributed by atoms with Gasteiger partial charge in [-0.05, 0) is 18.1 Å². The van der Waals surface area contributed by atoms with Crippen LogP contribution in [0.25, 0.3) is 0 Å². The lowest BCUT2D eigenvalue weighted by Gasteiger charge is -2.02. The molecule has 0 saturated carbocycles. The Bertz CT molecular complexity index is 264. The molecule has 0 spiro atoms. The number of benzene rings is 1. The van der Waals surface area contributed by atoms with E-state index >= 15 is 0 Å². The topological polar surface area (TPSA) is 0 Å². The molecular formula is C10H10Cl. The number of halogens is 1. The Balaban J connectivity index is 3.05. The van der Waals surface area contributed by atoms with E-state index in [9.17, 15) is 0 Å². The van der Waals surface area contributed by atoms with E-state index in [2.05, 4.69) is 6.58 Å². The molecule has 1 radical (unpaired) electrons. The number of allylic oxidation sites excluding steroid dienone is 1. The van der Waals surface area contributed by atoms with E-state index in [0.717, 1.165) is 16.1 Å². The van der Waals surface area contributed by atoms with Crippen molar-refractivity contribution < 1.29 is 0 Å². The normalized spacial score (nSPS) is 9.64. The van der Waals surface area contributed by atoms with Crippen molar-refractivity contribution in [3.05, 3.63) is 53.4 Å². The van der Waals surface area contributed by atoms with Crippen LogP contribution in [-0.2, 0) is 0 Å². The SMILES string of the molecule is C=C[CH]c1cccc(C)c1Cl. The van der Waals surface area contributed by atoms with E-state index in [1.165, 1.54) is 0 Å². The molecule has 0 aromatic heterocycles. The summed E-state index contributed by atoms with van der Waals surface area (Å²) in [6.45, 7) is 5.60. The second kappa shape index (κ2) is 3.59. The molecule has 0 N–H and O–H groups in total. The van der Waals surface area contributed by atoms with E-state index in [1.54, 1.807) is 6.08 Å². The summed E-state index contributed by atoms with van der Waals surface area (Å²) in [5.74, 6) is 0. The van der Waals surface area contributed by atoms with Gasteiger partial charge in [0.15, 0.2) is 0 Å². The zero-order valence-corrected chi connectivity index (χ0v) is 7.23. The lowest BCUT2D eigenvalue weighted by atomic mass is 10.1. The summed E-state index contributed by atoms with van der Waals surface area (Å²) >= 11 is 5.99. The molecule has 0 bridgehead atoms. The molecule has 0 atom stereocenters. The van der Waals surface area contributed by atoms with Crippen LogP contribution in [-0.4, -0.2) is 0 Å². The third-order valence-corrected chi connectivity index (χ3v) is 2.04. The smallest absolute Gasteiger partial charge is 0.0473 e. The van der Waals surface area contributed by atoms with Gasteiger partial charge in [0.1, 0.15) is 0 Å². The van der Waals surface area contributed by atoms with E-state index in [4.69, 9.17) is 11.6 Å². The van der Waals surface area contributed by atoms with E-state index in [1.807, 2.05) is 31.5 Å². The Morgan fingerprint density at radius 2 is 2.18 bits per heavy atom. The van der Waals surface area contributed by atoms with Gasteiger partial charge in [0.05, 0.1) is 0 Å². The molecule has 0 saturated heterocycles. The summed E-state index contributed by atoms with van der Waals surface area (Å²) in [5.41, 5.74) is 2.13. The molecule has 1 aromatic carbocycles. The van der Waals surface area contributed by atoms with Crippen molar-refractivity contribution in [2.24, 2.45) is 0 Å². The van der Waals surface area contributed by atoms with Crippen LogP contribution in [0, 0.1) is 13.3 Å². The summed E-state index contributed by atoms with van der Waals surface area (Å²) in [7, 11) is 0. The van der Waals surface area contributed by atoms with Crippen LogP contribution in [0.4, 0.5) is 0 Å². The van der Waals surface area contributed by atoms with Crippen molar-refractivity contribution in [3.63, 3.8) is 0 Å². The average molecular weight is 166 g/mol. The quantitative estimate of drug-likeness (QED) is 0.630. The van der Waals surface area contributed by atoms with Crippen LogP contribution < -0.4 is 0 Å². The highest BCUT2D eigenvalue weighted by Gasteiger charge is 1.99. The molecular weight excluding hydrogens is 156 g/mol. The van der Waals surface area contributed by atoms with Gasteiger partial charge in [0, 0.05) is 11.4 Å². The maximum atomic E-state index is 5.99. The van der Waals surface area contributed by atoms with Gasteiger partial charge in [-0.15, -0.1) is 6.58 Å². The maximum Gasteiger partial charge on any atom is 0.0473 e. The molecule has 11 heavy (non-hydrogen) atoms. The lowest BCUT2D eigenvalue weighted by Crippen LogP contribution is -1.82. The monoisotopic (exact) mass is 165 g/mol.